The molecule has 2 heterocycles. The second kappa shape index (κ2) is 8.44. The molecule has 0 fully saturated rings. The lowest BCUT2D eigenvalue weighted by atomic mass is 9.73. The molecule has 1 atom stereocenters. The van der Waals surface area contributed by atoms with Gasteiger partial charge in [-0.25, -0.2) is 9.59 Å². The maximum absolute atomic E-state index is 14.2. The number of esters is 2. The second-order valence-electron chi connectivity index (χ2n) is 7.52. The standard InChI is InChI=1S/C24H22ClNO7/c1-30-17-11-13-9-10-26-20(23(29)33-4)19(22(28)32-3)21(27)24(26,16(13)12-18(17)31-2)14-5-7-15(25)8-6-14/h5-8,11-12H,9-10H2,1-4H3. The van der Waals surface area contributed by atoms with Gasteiger partial charge in [0, 0.05) is 11.6 Å². The zero-order valence-corrected chi connectivity index (χ0v) is 19.3. The molecule has 0 spiro atoms. The van der Waals surface area contributed by atoms with Crippen molar-refractivity contribution in [1.82, 2.24) is 4.90 Å². The Labute approximate surface area is 195 Å². The number of nitrogens with zero attached hydrogens (tertiary/aromatic N) is 1. The number of Topliss-reactive ketones (excluding diaryl/α,β-unsaturated/α-hetero) is 1. The molecule has 0 saturated heterocycles. The van der Waals surface area contributed by atoms with E-state index in [4.69, 9.17) is 30.5 Å². The Morgan fingerprint density at radius 3 is 2.12 bits per heavy atom. The van der Waals surface area contributed by atoms with Gasteiger partial charge >= 0.3 is 11.9 Å². The lowest BCUT2D eigenvalue weighted by Crippen LogP contribution is -2.52. The van der Waals surface area contributed by atoms with E-state index in [2.05, 4.69) is 0 Å². The quantitative estimate of drug-likeness (QED) is 0.485. The van der Waals surface area contributed by atoms with Crippen LogP contribution in [0.5, 0.6) is 11.5 Å². The molecule has 0 N–H and O–H groups in total. The third-order valence-corrected chi connectivity index (χ3v) is 6.35. The third-order valence-electron chi connectivity index (χ3n) is 6.10. The summed E-state index contributed by atoms with van der Waals surface area (Å²) in [7, 11) is 5.38. The monoisotopic (exact) mass is 471 g/mol. The molecule has 8 nitrogen and oxygen atoms in total. The summed E-state index contributed by atoms with van der Waals surface area (Å²) in [6.07, 6.45) is 0.479. The second-order valence-corrected chi connectivity index (χ2v) is 7.96. The zero-order chi connectivity index (χ0) is 23.9. The number of hydrogen-bond acceptors (Lipinski definition) is 8. The Bertz CT molecular complexity index is 1190. The number of halogens is 1. The normalized spacial score (nSPS) is 19.1. The van der Waals surface area contributed by atoms with Crippen LogP contribution in [0, 0.1) is 0 Å². The molecule has 9 heteroatoms. The largest absolute Gasteiger partial charge is 0.493 e. The summed E-state index contributed by atoms with van der Waals surface area (Å²) in [5.41, 5.74) is -0.0938. The highest BCUT2D eigenvalue weighted by Gasteiger charge is 2.61. The molecule has 0 aromatic heterocycles. The molecule has 33 heavy (non-hydrogen) atoms. The van der Waals surface area contributed by atoms with Gasteiger partial charge in [-0.1, -0.05) is 23.7 Å². The number of ether oxygens (including phenoxy) is 4. The van der Waals surface area contributed by atoms with Crippen LogP contribution in [0.3, 0.4) is 0 Å². The fourth-order valence-corrected chi connectivity index (χ4v) is 4.82. The van der Waals surface area contributed by atoms with Crippen molar-refractivity contribution in [3.63, 3.8) is 0 Å². The number of methoxy groups -OCH3 is 4. The van der Waals surface area contributed by atoms with E-state index in [0.717, 1.165) is 12.7 Å². The van der Waals surface area contributed by atoms with Crippen LogP contribution in [0.4, 0.5) is 0 Å². The van der Waals surface area contributed by atoms with Crippen molar-refractivity contribution >= 4 is 29.3 Å². The van der Waals surface area contributed by atoms with Crippen molar-refractivity contribution < 1.29 is 33.3 Å². The van der Waals surface area contributed by atoms with Crippen LogP contribution < -0.4 is 9.47 Å². The first kappa shape index (κ1) is 22.7. The first-order valence-electron chi connectivity index (χ1n) is 10.1. The minimum Gasteiger partial charge on any atom is -0.493 e. The molecule has 0 radical (unpaired) electrons. The van der Waals surface area contributed by atoms with Gasteiger partial charge in [0.2, 0.25) is 5.78 Å². The average Bonchev–Trinajstić information content (AvgIpc) is 3.11. The van der Waals surface area contributed by atoms with Gasteiger partial charge in [-0.15, -0.1) is 0 Å². The summed E-state index contributed by atoms with van der Waals surface area (Å²) >= 11 is 6.12. The molecule has 0 bridgehead atoms. The average molecular weight is 472 g/mol. The summed E-state index contributed by atoms with van der Waals surface area (Å²) in [5.74, 6) is -1.39. The molecule has 2 aromatic rings. The van der Waals surface area contributed by atoms with Gasteiger partial charge in [0.05, 0.1) is 28.4 Å². The van der Waals surface area contributed by atoms with E-state index < -0.39 is 23.3 Å². The van der Waals surface area contributed by atoms with E-state index in [1.165, 1.54) is 21.3 Å². The lowest BCUT2D eigenvalue weighted by Gasteiger charge is -2.45. The van der Waals surface area contributed by atoms with E-state index in [1.807, 2.05) is 6.07 Å². The van der Waals surface area contributed by atoms with Crippen LogP contribution in [-0.2, 0) is 35.8 Å². The highest BCUT2D eigenvalue weighted by Crippen LogP contribution is 2.52. The Morgan fingerprint density at radius 1 is 0.939 bits per heavy atom. The van der Waals surface area contributed by atoms with E-state index in [9.17, 15) is 14.4 Å². The van der Waals surface area contributed by atoms with Gasteiger partial charge in [-0.2, -0.15) is 0 Å². The van der Waals surface area contributed by atoms with E-state index in [1.54, 1.807) is 35.2 Å². The number of fused-ring (bicyclic) bond motifs is 3. The van der Waals surface area contributed by atoms with Gasteiger partial charge in [0.25, 0.3) is 0 Å². The Morgan fingerprint density at radius 2 is 1.55 bits per heavy atom. The summed E-state index contributed by atoms with van der Waals surface area (Å²) in [6, 6.07) is 10.2. The van der Waals surface area contributed by atoms with E-state index in [-0.39, 0.29) is 17.8 Å². The first-order chi connectivity index (χ1) is 15.8. The number of carbonyl (C=O) groups excluding carboxylic acids is 3. The Kier molecular flexibility index (Phi) is 5.80. The topological polar surface area (TPSA) is 91.4 Å². The third kappa shape index (κ3) is 3.16. The molecule has 2 aromatic carbocycles. The molecule has 1 unspecified atom stereocenters. The van der Waals surface area contributed by atoms with Crippen LogP contribution in [-0.4, -0.2) is 57.6 Å². The van der Waals surface area contributed by atoms with Gasteiger partial charge in [0.15, 0.2) is 17.0 Å². The number of ketones is 1. The van der Waals surface area contributed by atoms with Gasteiger partial charge < -0.3 is 23.8 Å². The molecule has 2 aliphatic rings. The van der Waals surface area contributed by atoms with Gasteiger partial charge in [-0.3, -0.25) is 4.79 Å². The van der Waals surface area contributed by atoms with Crippen LogP contribution in [0.2, 0.25) is 5.02 Å². The van der Waals surface area contributed by atoms with Crippen molar-refractivity contribution in [3.8, 4) is 11.5 Å². The van der Waals surface area contributed by atoms with Crippen molar-refractivity contribution in [2.75, 3.05) is 35.0 Å². The van der Waals surface area contributed by atoms with E-state index in [0.29, 0.717) is 34.1 Å². The fraction of sp³-hybridized carbons (Fsp3) is 0.292. The molecular weight excluding hydrogens is 450 g/mol. The summed E-state index contributed by atoms with van der Waals surface area (Å²) in [4.78, 5) is 41.4. The number of carbonyl (C=O) groups is 3. The van der Waals surface area contributed by atoms with Gasteiger partial charge in [0.1, 0.15) is 11.3 Å². The molecule has 0 aliphatic carbocycles. The van der Waals surface area contributed by atoms with Crippen molar-refractivity contribution in [2.24, 2.45) is 0 Å². The summed E-state index contributed by atoms with van der Waals surface area (Å²) in [6.45, 7) is 0.266. The van der Waals surface area contributed by atoms with E-state index >= 15 is 0 Å². The minimum absolute atomic E-state index is 0.135. The molecule has 2 aliphatic heterocycles. The maximum Gasteiger partial charge on any atom is 0.355 e. The number of benzene rings is 2. The van der Waals surface area contributed by atoms with Crippen molar-refractivity contribution in [1.29, 1.82) is 0 Å². The highest BCUT2D eigenvalue weighted by atomic mass is 35.5. The molecule has 4 rings (SSSR count). The zero-order valence-electron chi connectivity index (χ0n) is 18.6. The fourth-order valence-electron chi connectivity index (χ4n) is 4.69. The molecule has 172 valence electrons. The lowest BCUT2D eigenvalue weighted by molar-refractivity contribution is -0.140. The summed E-state index contributed by atoms with van der Waals surface area (Å²) < 4.78 is 20.8. The van der Waals surface area contributed by atoms with Crippen molar-refractivity contribution in [3.05, 3.63) is 69.4 Å². The molecule has 0 amide bonds. The number of rotatable bonds is 5. The highest BCUT2D eigenvalue weighted by molar-refractivity contribution is 6.31. The number of hydrogen-bond donors (Lipinski definition) is 0. The maximum atomic E-state index is 14.2. The molecule has 0 saturated carbocycles. The van der Waals surface area contributed by atoms with Crippen LogP contribution in [0.1, 0.15) is 16.7 Å². The van der Waals surface area contributed by atoms with Gasteiger partial charge in [-0.05, 0) is 47.4 Å². The molecular formula is C24H22ClNO7. The van der Waals surface area contributed by atoms with Crippen LogP contribution in [0.25, 0.3) is 0 Å². The van der Waals surface area contributed by atoms with Crippen molar-refractivity contribution in [2.45, 2.75) is 12.0 Å². The predicted octanol–water partition coefficient (Wildman–Crippen LogP) is 2.64. The Hall–Kier alpha value is -3.52. The summed E-state index contributed by atoms with van der Waals surface area (Å²) in [5, 5.41) is 0.477. The van der Waals surface area contributed by atoms with Crippen LogP contribution >= 0.6 is 11.6 Å². The SMILES string of the molecule is COC(=O)C1=C(C(=O)OC)N2CCc3cc(OC)c(OC)cc3C2(c2ccc(Cl)cc2)C1=O. The Balaban J connectivity index is 2.10. The smallest absolute Gasteiger partial charge is 0.355 e. The van der Waals surface area contributed by atoms with Crippen LogP contribution in [0.15, 0.2) is 47.7 Å². The first-order valence-corrected chi connectivity index (χ1v) is 10.5. The predicted molar refractivity (Wildman–Crippen MR) is 118 cm³/mol. The minimum atomic E-state index is -1.52.